The van der Waals surface area contributed by atoms with E-state index in [4.69, 9.17) is 23.3 Å². The molecule has 0 saturated carbocycles. The van der Waals surface area contributed by atoms with E-state index in [0.717, 1.165) is 64.2 Å². The third-order valence-corrected chi connectivity index (χ3v) is 10.8. The molecule has 348 valence electrons. The zero-order chi connectivity index (χ0) is 44.7. The van der Waals surface area contributed by atoms with E-state index in [9.17, 15) is 19.0 Å². The second kappa shape index (κ2) is 37.7. The highest BCUT2D eigenvalue weighted by Gasteiger charge is 2.36. The summed E-state index contributed by atoms with van der Waals surface area (Å²) >= 11 is 0. The fraction of sp³-hybridized carbons (Fsp3) is 0.680. The molecule has 0 aromatic heterocycles. The fourth-order valence-corrected chi connectivity index (χ4v) is 6.75. The van der Waals surface area contributed by atoms with Gasteiger partial charge < -0.3 is 32.6 Å². The van der Waals surface area contributed by atoms with Crippen LogP contribution in [0, 0.1) is 0 Å². The Hall–Kier alpha value is -2.85. The first kappa shape index (κ1) is 56.2. The number of unbranched alkanes of at least 4 members (excludes halogenated alkanes) is 9. The lowest BCUT2D eigenvalue weighted by Crippen LogP contribution is -2.37. The number of nitrogens with zero attached hydrogens (tertiary/aromatic N) is 1. The van der Waals surface area contributed by atoms with E-state index in [2.05, 4.69) is 98.9 Å². The van der Waals surface area contributed by atoms with Crippen LogP contribution in [-0.4, -0.2) is 82.2 Å². The molecule has 1 fully saturated rings. The van der Waals surface area contributed by atoms with Gasteiger partial charge in [0, 0.05) is 12.8 Å². The third kappa shape index (κ3) is 38.5. The number of hydrogen-bond acceptors (Lipinski definition) is 9. The largest absolute Gasteiger partial charge is 0.756 e. The maximum absolute atomic E-state index is 12.8. The van der Waals surface area contributed by atoms with Gasteiger partial charge in [-0.1, -0.05) is 131 Å². The lowest BCUT2D eigenvalue weighted by atomic mass is 10.1. The Balaban J connectivity index is 2.36. The van der Waals surface area contributed by atoms with E-state index in [1.165, 1.54) is 44.9 Å². The number of carbonyl (C=O) groups excluding carboxylic acids is 2. The molecule has 1 rings (SSSR count). The van der Waals surface area contributed by atoms with E-state index in [1.807, 2.05) is 21.1 Å². The van der Waals surface area contributed by atoms with Gasteiger partial charge >= 0.3 is 11.9 Å². The molecule has 3 unspecified atom stereocenters. The summed E-state index contributed by atoms with van der Waals surface area (Å²) in [7, 11) is 1.08. The summed E-state index contributed by atoms with van der Waals surface area (Å²) in [6, 6.07) is 0. The van der Waals surface area contributed by atoms with E-state index in [-0.39, 0.29) is 38.3 Å². The summed E-state index contributed by atoms with van der Waals surface area (Å²) in [5.74, 6) is -0.955. The van der Waals surface area contributed by atoms with Gasteiger partial charge in [-0.15, -0.1) is 0 Å². The fourth-order valence-electron chi connectivity index (χ4n) is 6.02. The monoisotopic (exact) mass is 874 g/mol. The summed E-state index contributed by atoms with van der Waals surface area (Å²) in [5.41, 5.74) is 0. The van der Waals surface area contributed by atoms with Crippen molar-refractivity contribution in [3.63, 3.8) is 0 Å². The Morgan fingerprint density at radius 1 is 0.607 bits per heavy atom. The average molecular weight is 874 g/mol. The second-order valence-corrected chi connectivity index (χ2v) is 18.2. The van der Waals surface area contributed by atoms with E-state index >= 15 is 0 Å². The number of phosphoric ester groups is 1. The van der Waals surface area contributed by atoms with Crippen molar-refractivity contribution in [3.05, 3.63) is 85.1 Å². The first-order chi connectivity index (χ1) is 29.5. The van der Waals surface area contributed by atoms with Gasteiger partial charge in [0.1, 0.15) is 19.8 Å². The third-order valence-electron chi connectivity index (χ3n) is 9.81. The molecule has 1 aliphatic rings. The SMILES string of the molecule is CCCCC/C=C\C/C=C\C/C=C\C/C=C\CCCCCC(=O)OC[C@H](COP(=O)([O-])OCC[N+](C)(C)C)OC(=O)CCCC1OC1C/C=C\C/C=C\C/C=C\CCCCC. The standard InChI is InChI=1S/C50H84NO9P/c1-6-8-10-12-14-16-18-20-21-22-23-24-25-26-28-30-32-34-36-40-49(52)56-44-46(45-58-61(54,55)57-43-42-51(3,4)5)59-50(53)41-37-39-48-47(60-48)38-35-33-31-29-27-19-17-15-13-11-9-7-2/h14-17,20-21,23-24,26-29,33,35,46-48H,6-13,18-19,22,25,30-32,34,36-45H2,1-5H3/b16-14-,17-15-,21-20-,24-23-,28-26-,29-27-,35-33-/t46-,47?,48?/m1/s1. The number of quaternary nitrogens is 1. The number of esters is 2. The number of carbonyl (C=O) groups is 2. The Morgan fingerprint density at radius 2 is 1.10 bits per heavy atom. The summed E-state index contributed by atoms with van der Waals surface area (Å²) in [6.07, 6.45) is 50.6. The van der Waals surface area contributed by atoms with Crippen LogP contribution in [-0.2, 0) is 37.4 Å². The molecule has 10 nitrogen and oxygen atoms in total. The molecule has 4 atom stereocenters. The van der Waals surface area contributed by atoms with Crippen LogP contribution in [0.2, 0.25) is 0 Å². The molecule has 1 heterocycles. The molecule has 0 N–H and O–H groups in total. The molecule has 61 heavy (non-hydrogen) atoms. The lowest BCUT2D eigenvalue weighted by Gasteiger charge is -2.28. The number of allylic oxidation sites excluding steroid dienone is 13. The van der Waals surface area contributed by atoms with Gasteiger partial charge in [-0.2, -0.15) is 0 Å². The highest BCUT2D eigenvalue weighted by Crippen LogP contribution is 2.38. The molecule has 0 bridgehead atoms. The zero-order valence-electron chi connectivity index (χ0n) is 38.8. The van der Waals surface area contributed by atoms with Crippen molar-refractivity contribution in [1.29, 1.82) is 0 Å². The van der Waals surface area contributed by atoms with Crippen molar-refractivity contribution in [2.45, 2.75) is 173 Å². The minimum Gasteiger partial charge on any atom is -0.756 e. The average Bonchev–Trinajstić information content (AvgIpc) is 3.97. The smallest absolute Gasteiger partial charge is 0.306 e. The molecule has 0 amide bonds. The molecule has 0 aliphatic carbocycles. The molecule has 1 saturated heterocycles. The second-order valence-electron chi connectivity index (χ2n) is 16.8. The van der Waals surface area contributed by atoms with Gasteiger partial charge in [0.05, 0.1) is 40.0 Å². The Morgan fingerprint density at radius 3 is 1.62 bits per heavy atom. The maximum atomic E-state index is 12.8. The lowest BCUT2D eigenvalue weighted by molar-refractivity contribution is -0.870. The predicted octanol–water partition coefficient (Wildman–Crippen LogP) is 11.9. The van der Waals surface area contributed by atoms with Crippen molar-refractivity contribution >= 4 is 19.8 Å². The van der Waals surface area contributed by atoms with Crippen LogP contribution in [0.3, 0.4) is 0 Å². The van der Waals surface area contributed by atoms with Crippen LogP contribution in [0.25, 0.3) is 0 Å². The summed E-state index contributed by atoms with van der Waals surface area (Å²) in [6.45, 7) is 4.02. The van der Waals surface area contributed by atoms with Crippen LogP contribution < -0.4 is 4.89 Å². The van der Waals surface area contributed by atoms with Crippen LogP contribution >= 0.6 is 7.82 Å². The van der Waals surface area contributed by atoms with E-state index in [0.29, 0.717) is 30.3 Å². The minimum absolute atomic E-state index is 0.0552. The molecular weight excluding hydrogens is 790 g/mol. The molecule has 0 spiro atoms. The van der Waals surface area contributed by atoms with Crippen LogP contribution in [0.15, 0.2) is 85.1 Å². The highest BCUT2D eigenvalue weighted by molar-refractivity contribution is 7.45. The number of likely N-dealkylation sites (N-methyl/N-ethyl adjacent to an activating group) is 1. The number of rotatable bonds is 40. The normalized spacial score (nSPS) is 17.6. The number of hydrogen-bond donors (Lipinski definition) is 0. The predicted molar refractivity (Wildman–Crippen MR) is 249 cm³/mol. The van der Waals surface area contributed by atoms with Crippen LogP contribution in [0.1, 0.15) is 155 Å². The summed E-state index contributed by atoms with van der Waals surface area (Å²) in [5, 5.41) is 0. The van der Waals surface area contributed by atoms with Gasteiger partial charge in [0.15, 0.2) is 6.10 Å². The molecule has 11 heteroatoms. The van der Waals surface area contributed by atoms with Crippen molar-refractivity contribution in [2.75, 3.05) is 47.5 Å². The topological polar surface area (TPSA) is 124 Å². The van der Waals surface area contributed by atoms with Crippen molar-refractivity contribution in [1.82, 2.24) is 0 Å². The molecule has 1 aliphatic heterocycles. The quantitative estimate of drug-likeness (QED) is 0.0148. The van der Waals surface area contributed by atoms with Crippen molar-refractivity contribution in [3.8, 4) is 0 Å². The zero-order valence-corrected chi connectivity index (χ0v) is 39.7. The van der Waals surface area contributed by atoms with E-state index < -0.39 is 32.5 Å². The Labute approximate surface area is 371 Å². The Bertz CT molecular complexity index is 1380. The van der Waals surface area contributed by atoms with Gasteiger partial charge in [-0.05, 0) is 96.3 Å². The number of epoxide rings is 1. The summed E-state index contributed by atoms with van der Waals surface area (Å²) < 4.78 is 39.7. The van der Waals surface area contributed by atoms with Gasteiger partial charge in [0.2, 0.25) is 0 Å². The van der Waals surface area contributed by atoms with Crippen molar-refractivity contribution in [2.24, 2.45) is 0 Å². The van der Waals surface area contributed by atoms with E-state index in [1.54, 1.807) is 0 Å². The molecule has 0 aromatic carbocycles. The first-order valence-corrected chi connectivity index (χ1v) is 24.9. The molecule has 0 radical (unpaired) electrons. The first-order valence-electron chi connectivity index (χ1n) is 23.4. The van der Waals surface area contributed by atoms with Gasteiger partial charge in [0.25, 0.3) is 7.82 Å². The molecular formula is C50H84NO9P. The summed E-state index contributed by atoms with van der Waals surface area (Å²) in [4.78, 5) is 37.7. The van der Waals surface area contributed by atoms with Gasteiger partial charge in [-0.25, -0.2) is 0 Å². The Kier molecular flexibility index (Phi) is 34.7. The molecule has 0 aromatic rings. The van der Waals surface area contributed by atoms with Crippen LogP contribution in [0.4, 0.5) is 0 Å². The minimum atomic E-state index is -4.67. The maximum Gasteiger partial charge on any atom is 0.306 e. The van der Waals surface area contributed by atoms with Gasteiger partial charge in [-0.3, -0.25) is 14.2 Å². The van der Waals surface area contributed by atoms with Crippen molar-refractivity contribution < 1.29 is 46.8 Å². The van der Waals surface area contributed by atoms with Crippen LogP contribution in [0.5, 0.6) is 0 Å². The number of phosphoric acid groups is 1. The highest BCUT2D eigenvalue weighted by atomic mass is 31.2. The number of ether oxygens (including phenoxy) is 3.